The van der Waals surface area contributed by atoms with Crippen LogP contribution in [-0.2, 0) is 0 Å². The second kappa shape index (κ2) is 12.5. The molecule has 0 aliphatic rings. The monoisotopic (exact) mass is 618 g/mol. The third kappa shape index (κ3) is 6.38. The summed E-state index contributed by atoms with van der Waals surface area (Å²) in [5.74, 6) is -6.83. The van der Waals surface area contributed by atoms with E-state index in [4.69, 9.17) is 30.1 Å². The molecule has 0 bridgehead atoms. The molecule has 16 heteroatoms. The zero-order valence-corrected chi connectivity index (χ0v) is 23.8. The number of aromatic amines is 1. The number of nitrogens with zero attached hydrogens (tertiary/aromatic N) is 5. The minimum absolute atomic E-state index is 0.0172. The van der Waals surface area contributed by atoms with Gasteiger partial charge in [0.15, 0.2) is 28.8 Å². The average Bonchev–Trinajstić information content (AvgIpc) is 3.57. The number of amidine groups is 1. The second-order valence-electron chi connectivity index (χ2n) is 9.42. The maximum atomic E-state index is 16.0. The van der Waals surface area contributed by atoms with Gasteiger partial charge in [0, 0.05) is 30.8 Å². The standard InChI is InChI=1S/C29H24F2N8O6/c1-39(2)29(41)16-5-4-6-17(11-16)43-27-22(30)24(44-21-13-15(8-10-19(21)42-3)26-35-37-38-36-26)23(31)28(34-27)45-20-12-14(25(32)33)7-9-18(20)40/h4-13,40H,1-3H3,(H3,32,33)(H,35,36,37,38). The van der Waals surface area contributed by atoms with Crippen LogP contribution in [0, 0.1) is 17.0 Å². The fourth-order valence-electron chi connectivity index (χ4n) is 3.93. The zero-order valence-electron chi connectivity index (χ0n) is 23.8. The van der Waals surface area contributed by atoms with E-state index in [1.807, 2.05) is 0 Å². The molecule has 3 aromatic carbocycles. The number of amides is 1. The van der Waals surface area contributed by atoms with E-state index in [0.717, 1.165) is 6.07 Å². The fourth-order valence-corrected chi connectivity index (χ4v) is 3.93. The number of methoxy groups -OCH3 is 1. The minimum Gasteiger partial charge on any atom is -0.504 e. The van der Waals surface area contributed by atoms with E-state index in [1.54, 1.807) is 20.2 Å². The molecule has 0 saturated heterocycles. The molecule has 45 heavy (non-hydrogen) atoms. The number of aromatic nitrogens is 5. The van der Waals surface area contributed by atoms with Crippen molar-refractivity contribution < 1.29 is 37.6 Å². The predicted octanol–water partition coefficient (Wildman–Crippen LogP) is 4.62. The number of hydrogen-bond donors (Lipinski definition) is 4. The summed E-state index contributed by atoms with van der Waals surface area (Å²) in [6.45, 7) is 0. The van der Waals surface area contributed by atoms with Gasteiger partial charge in [-0.2, -0.15) is 13.8 Å². The van der Waals surface area contributed by atoms with Gasteiger partial charge in [0.25, 0.3) is 17.7 Å². The number of phenolic OH excluding ortho intramolecular Hbond substituents is 1. The van der Waals surface area contributed by atoms with Gasteiger partial charge < -0.3 is 34.7 Å². The van der Waals surface area contributed by atoms with Gasteiger partial charge in [-0.1, -0.05) is 6.07 Å². The normalized spacial score (nSPS) is 10.7. The maximum absolute atomic E-state index is 16.0. The number of nitrogens with two attached hydrogens (primary N) is 1. The van der Waals surface area contributed by atoms with Gasteiger partial charge in [0.05, 0.1) is 7.11 Å². The number of halogens is 2. The molecule has 14 nitrogen and oxygen atoms in total. The van der Waals surface area contributed by atoms with Crippen molar-refractivity contribution in [1.29, 1.82) is 5.41 Å². The Morgan fingerprint density at radius 3 is 2.36 bits per heavy atom. The lowest BCUT2D eigenvalue weighted by molar-refractivity contribution is 0.0827. The highest BCUT2D eigenvalue weighted by Crippen LogP contribution is 2.43. The number of pyridine rings is 1. The van der Waals surface area contributed by atoms with E-state index in [2.05, 4.69) is 25.6 Å². The number of nitrogen functional groups attached to an aromatic ring is 1. The Labute approximate surface area is 253 Å². The van der Waals surface area contributed by atoms with Crippen molar-refractivity contribution in [3.8, 4) is 57.6 Å². The van der Waals surface area contributed by atoms with E-state index < -0.39 is 34.9 Å². The number of phenols is 1. The Morgan fingerprint density at radius 1 is 0.933 bits per heavy atom. The summed E-state index contributed by atoms with van der Waals surface area (Å²) in [6.07, 6.45) is 0. The number of carbonyl (C=O) groups is 1. The van der Waals surface area contributed by atoms with E-state index in [1.165, 1.54) is 60.5 Å². The highest BCUT2D eigenvalue weighted by molar-refractivity contribution is 5.95. The van der Waals surface area contributed by atoms with Crippen molar-refractivity contribution in [2.24, 2.45) is 5.73 Å². The highest BCUT2D eigenvalue weighted by atomic mass is 19.1. The van der Waals surface area contributed by atoms with E-state index >= 15 is 8.78 Å². The maximum Gasteiger partial charge on any atom is 0.263 e. The molecule has 5 N–H and O–H groups in total. The summed E-state index contributed by atoms with van der Waals surface area (Å²) in [5.41, 5.74) is 6.30. The van der Waals surface area contributed by atoms with Crippen molar-refractivity contribution in [3.63, 3.8) is 0 Å². The second-order valence-corrected chi connectivity index (χ2v) is 9.42. The number of rotatable bonds is 10. The summed E-state index contributed by atoms with van der Waals surface area (Å²) in [7, 11) is 4.44. The molecule has 0 saturated carbocycles. The average molecular weight is 619 g/mol. The van der Waals surface area contributed by atoms with Crippen molar-refractivity contribution in [3.05, 3.63) is 83.4 Å². The summed E-state index contributed by atoms with van der Waals surface area (Å²) in [5, 5.41) is 31.4. The SMILES string of the molecule is COc1ccc(-c2nnn[nH]2)cc1Oc1c(F)c(Oc2cccc(C(=O)N(C)C)c2)nc(Oc2cc(C(=N)N)ccc2O)c1F. The lowest BCUT2D eigenvalue weighted by Gasteiger charge is -2.17. The zero-order chi connectivity index (χ0) is 32.2. The molecule has 0 radical (unpaired) electrons. The number of carbonyl (C=O) groups excluding carboxylic acids is 1. The van der Waals surface area contributed by atoms with E-state index in [-0.39, 0.29) is 51.7 Å². The molecule has 5 aromatic rings. The van der Waals surface area contributed by atoms with Crippen molar-refractivity contribution >= 4 is 11.7 Å². The number of tetrazole rings is 1. The number of hydrogen-bond acceptors (Lipinski definition) is 11. The van der Waals surface area contributed by atoms with Gasteiger partial charge in [-0.25, -0.2) is 5.10 Å². The summed E-state index contributed by atoms with van der Waals surface area (Å²) >= 11 is 0. The first kappa shape index (κ1) is 30.1. The van der Waals surface area contributed by atoms with Gasteiger partial charge in [-0.05, 0) is 65.0 Å². The van der Waals surface area contributed by atoms with E-state index in [0.29, 0.717) is 5.56 Å². The summed E-state index contributed by atoms with van der Waals surface area (Å²) < 4.78 is 54.2. The van der Waals surface area contributed by atoms with Crippen LogP contribution in [0.15, 0.2) is 60.7 Å². The first-order valence-electron chi connectivity index (χ1n) is 12.9. The van der Waals surface area contributed by atoms with Crippen molar-refractivity contribution in [2.75, 3.05) is 21.2 Å². The third-order valence-corrected chi connectivity index (χ3v) is 6.15. The molecule has 5 rings (SSSR count). The summed E-state index contributed by atoms with van der Waals surface area (Å²) in [6, 6.07) is 13.9. The Hall–Kier alpha value is -6.32. The van der Waals surface area contributed by atoms with Crippen LogP contribution in [0.5, 0.6) is 46.3 Å². The number of ether oxygens (including phenoxy) is 4. The molecule has 230 valence electrons. The molecule has 0 spiro atoms. The van der Waals surface area contributed by atoms with Crippen LogP contribution >= 0.6 is 0 Å². The fraction of sp³-hybridized carbons (Fsp3) is 0.103. The van der Waals surface area contributed by atoms with Crippen LogP contribution in [0.4, 0.5) is 8.78 Å². The number of nitrogens with one attached hydrogen (secondary N) is 2. The lowest BCUT2D eigenvalue weighted by atomic mass is 10.2. The largest absolute Gasteiger partial charge is 0.504 e. The molecule has 2 aromatic heterocycles. The summed E-state index contributed by atoms with van der Waals surface area (Å²) in [4.78, 5) is 17.7. The molecule has 0 atom stereocenters. The highest BCUT2D eigenvalue weighted by Gasteiger charge is 2.28. The number of benzene rings is 3. The Balaban J connectivity index is 1.63. The molecule has 0 fully saturated rings. The van der Waals surface area contributed by atoms with Crippen LogP contribution in [0.3, 0.4) is 0 Å². The molecular formula is C29H24F2N8O6. The number of aromatic hydroxyl groups is 1. The van der Waals surface area contributed by atoms with Gasteiger partial charge in [-0.15, -0.1) is 5.10 Å². The first-order chi connectivity index (χ1) is 21.5. The van der Waals surface area contributed by atoms with Crippen LogP contribution in [0.1, 0.15) is 15.9 Å². The van der Waals surface area contributed by atoms with Crippen LogP contribution in [-0.4, -0.2) is 68.6 Å². The molecular weight excluding hydrogens is 594 g/mol. The quantitative estimate of drug-likeness (QED) is 0.126. The van der Waals surface area contributed by atoms with Gasteiger partial charge in [0.1, 0.15) is 11.6 Å². The molecule has 0 aliphatic carbocycles. The van der Waals surface area contributed by atoms with Crippen LogP contribution in [0.2, 0.25) is 0 Å². The Kier molecular flexibility index (Phi) is 8.38. The number of H-pyrrole nitrogens is 1. The van der Waals surface area contributed by atoms with Gasteiger partial charge in [0.2, 0.25) is 17.4 Å². The lowest BCUT2D eigenvalue weighted by Crippen LogP contribution is -2.21. The Morgan fingerprint density at radius 2 is 1.69 bits per heavy atom. The van der Waals surface area contributed by atoms with Gasteiger partial charge >= 0.3 is 0 Å². The van der Waals surface area contributed by atoms with Gasteiger partial charge in [-0.3, -0.25) is 10.2 Å². The molecule has 0 aliphatic heterocycles. The third-order valence-electron chi connectivity index (χ3n) is 6.15. The predicted molar refractivity (Wildman–Crippen MR) is 154 cm³/mol. The van der Waals surface area contributed by atoms with Crippen LogP contribution in [0.25, 0.3) is 11.4 Å². The smallest absolute Gasteiger partial charge is 0.263 e. The van der Waals surface area contributed by atoms with Crippen molar-refractivity contribution in [1.82, 2.24) is 30.5 Å². The van der Waals surface area contributed by atoms with Crippen molar-refractivity contribution in [2.45, 2.75) is 0 Å². The molecule has 1 amide bonds. The topological polar surface area (TPSA) is 195 Å². The molecule has 0 unspecified atom stereocenters. The first-order valence-corrected chi connectivity index (χ1v) is 12.9. The Bertz CT molecular complexity index is 1900. The molecule has 2 heterocycles. The van der Waals surface area contributed by atoms with Crippen LogP contribution < -0.4 is 24.7 Å². The van der Waals surface area contributed by atoms with E-state index in [9.17, 15) is 9.90 Å². The minimum atomic E-state index is -1.42.